The second kappa shape index (κ2) is 6.75. The van der Waals surface area contributed by atoms with Crippen molar-refractivity contribution in [1.82, 2.24) is 9.88 Å². The van der Waals surface area contributed by atoms with E-state index in [4.69, 9.17) is 0 Å². The number of benzene rings is 2. The average molecular weight is 332 g/mol. The number of para-hydroxylation sites is 1. The molecule has 25 heavy (non-hydrogen) atoms. The number of hydrogen-bond donors (Lipinski definition) is 1. The van der Waals surface area contributed by atoms with Gasteiger partial charge in [0.05, 0.1) is 6.42 Å². The maximum Gasteiger partial charge on any atom is 0.227 e. The molecule has 0 aliphatic carbocycles. The number of carbonyl (C=O) groups is 1. The lowest BCUT2D eigenvalue weighted by Crippen LogP contribution is -2.37. The van der Waals surface area contributed by atoms with E-state index in [-0.39, 0.29) is 5.91 Å². The summed E-state index contributed by atoms with van der Waals surface area (Å²) < 4.78 is 0. The lowest BCUT2D eigenvalue weighted by Gasteiger charge is -2.25. The van der Waals surface area contributed by atoms with Crippen LogP contribution in [0.4, 0.5) is 0 Å². The van der Waals surface area contributed by atoms with Gasteiger partial charge >= 0.3 is 0 Å². The van der Waals surface area contributed by atoms with Gasteiger partial charge in [0.25, 0.3) is 0 Å². The Morgan fingerprint density at radius 2 is 2.08 bits per heavy atom. The third-order valence-corrected chi connectivity index (χ3v) is 5.27. The molecule has 1 unspecified atom stereocenters. The normalized spacial score (nSPS) is 17.3. The lowest BCUT2D eigenvalue weighted by atomic mass is 10.0. The zero-order valence-corrected chi connectivity index (χ0v) is 14.7. The number of rotatable bonds is 4. The molecule has 2 aromatic carbocycles. The summed E-state index contributed by atoms with van der Waals surface area (Å²) >= 11 is 0. The second-order valence-electron chi connectivity index (χ2n) is 7.11. The molecular weight excluding hydrogens is 308 g/mol. The average Bonchev–Trinajstić information content (AvgIpc) is 3.23. The maximum atomic E-state index is 12.8. The lowest BCUT2D eigenvalue weighted by molar-refractivity contribution is -0.131. The highest BCUT2D eigenvalue weighted by Gasteiger charge is 2.29. The summed E-state index contributed by atoms with van der Waals surface area (Å²) in [6.45, 7) is 2.96. The van der Waals surface area contributed by atoms with E-state index in [0.29, 0.717) is 12.5 Å². The molecule has 3 nitrogen and oxygen atoms in total. The zero-order valence-electron chi connectivity index (χ0n) is 14.7. The number of hydrogen-bond acceptors (Lipinski definition) is 1. The summed E-state index contributed by atoms with van der Waals surface area (Å²) in [6, 6.07) is 17.0. The van der Waals surface area contributed by atoms with E-state index in [9.17, 15) is 4.79 Å². The van der Waals surface area contributed by atoms with Crippen LogP contribution in [0.25, 0.3) is 10.9 Å². The third kappa shape index (κ3) is 3.32. The molecule has 1 aliphatic heterocycles. The van der Waals surface area contributed by atoms with Gasteiger partial charge in [-0.1, -0.05) is 48.0 Å². The molecule has 4 rings (SSSR count). The van der Waals surface area contributed by atoms with E-state index in [1.54, 1.807) is 0 Å². The SMILES string of the molecule is Cc1cccc(CC(=O)N2CCCC2Cc2c[nH]c3ccccc23)c1. The standard InChI is InChI=1S/C22H24N2O/c1-16-6-4-7-17(12-16)13-22(25)24-11-5-8-19(24)14-18-15-23-21-10-3-2-9-20(18)21/h2-4,6-7,9-10,12,15,19,23H,5,8,11,13-14H2,1H3. The fourth-order valence-electron chi connectivity index (χ4n) is 4.03. The molecule has 1 saturated heterocycles. The van der Waals surface area contributed by atoms with Gasteiger partial charge in [-0.05, 0) is 43.4 Å². The first-order valence-corrected chi connectivity index (χ1v) is 9.11. The highest BCUT2D eigenvalue weighted by atomic mass is 16.2. The van der Waals surface area contributed by atoms with Crippen LogP contribution in [-0.2, 0) is 17.6 Å². The highest BCUT2D eigenvalue weighted by molar-refractivity contribution is 5.83. The van der Waals surface area contributed by atoms with E-state index >= 15 is 0 Å². The number of aromatic amines is 1. The molecule has 1 atom stereocenters. The molecule has 1 fully saturated rings. The minimum atomic E-state index is 0.257. The molecule has 1 N–H and O–H groups in total. The van der Waals surface area contributed by atoms with E-state index in [0.717, 1.165) is 31.4 Å². The number of fused-ring (bicyclic) bond motifs is 1. The molecule has 1 amide bonds. The van der Waals surface area contributed by atoms with Crippen LogP contribution in [0.3, 0.4) is 0 Å². The quantitative estimate of drug-likeness (QED) is 0.762. The van der Waals surface area contributed by atoms with Crippen molar-refractivity contribution in [1.29, 1.82) is 0 Å². The Morgan fingerprint density at radius 3 is 2.96 bits per heavy atom. The number of aryl methyl sites for hydroxylation is 1. The first-order chi connectivity index (χ1) is 12.2. The predicted octanol–water partition coefficient (Wildman–Crippen LogP) is 4.25. The van der Waals surface area contributed by atoms with Gasteiger partial charge in [0.2, 0.25) is 5.91 Å². The smallest absolute Gasteiger partial charge is 0.227 e. The van der Waals surface area contributed by atoms with Crippen molar-refractivity contribution in [3.63, 3.8) is 0 Å². The number of carbonyl (C=O) groups excluding carboxylic acids is 1. The Kier molecular flexibility index (Phi) is 4.31. The fourth-order valence-corrected chi connectivity index (χ4v) is 4.03. The van der Waals surface area contributed by atoms with Gasteiger partial charge in [0.15, 0.2) is 0 Å². The van der Waals surface area contributed by atoms with Gasteiger partial charge in [-0.25, -0.2) is 0 Å². The van der Waals surface area contributed by atoms with E-state index < -0.39 is 0 Å². The topological polar surface area (TPSA) is 36.1 Å². The first kappa shape index (κ1) is 15.9. The molecule has 3 aromatic rings. The molecular formula is C22H24N2O. The van der Waals surface area contributed by atoms with E-state index in [1.807, 2.05) is 6.07 Å². The van der Waals surface area contributed by atoms with Crippen LogP contribution in [0.15, 0.2) is 54.7 Å². The van der Waals surface area contributed by atoms with Crippen molar-refractivity contribution in [3.8, 4) is 0 Å². The zero-order chi connectivity index (χ0) is 17.2. The van der Waals surface area contributed by atoms with Crippen LogP contribution in [-0.4, -0.2) is 28.4 Å². The molecule has 1 aliphatic rings. The summed E-state index contributed by atoms with van der Waals surface area (Å²) in [4.78, 5) is 18.3. The third-order valence-electron chi connectivity index (χ3n) is 5.27. The number of likely N-dealkylation sites (tertiary alicyclic amines) is 1. The highest BCUT2D eigenvalue weighted by Crippen LogP contribution is 2.26. The Hall–Kier alpha value is -2.55. The fraction of sp³-hybridized carbons (Fsp3) is 0.318. The van der Waals surface area contributed by atoms with Gasteiger partial charge in [-0.3, -0.25) is 4.79 Å². The van der Waals surface area contributed by atoms with E-state index in [2.05, 4.69) is 65.5 Å². The van der Waals surface area contributed by atoms with Crippen LogP contribution in [0.5, 0.6) is 0 Å². The van der Waals surface area contributed by atoms with Crippen molar-refractivity contribution in [2.75, 3.05) is 6.54 Å². The first-order valence-electron chi connectivity index (χ1n) is 9.11. The van der Waals surface area contributed by atoms with Crippen LogP contribution >= 0.6 is 0 Å². The molecule has 0 saturated carbocycles. The van der Waals surface area contributed by atoms with Crippen molar-refractivity contribution < 1.29 is 4.79 Å². The van der Waals surface area contributed by atoms with Crippen molar-refractivity contribution in [2.45, 2.75) is 38.6 Å². The maximum absolute atomic E-state index is 12.8. The summed E-state index contributed by atoms with van der Waals surface area (Å²) in [7, 11) is 0. The van der Waals surface area contributed by atoms with Gasteiger partial charge < -0.3 is 9.88 Å². The van der Waals surface area contributed by atoms with Gasteiger partial charge in [-0.15, -0.1) is 0 Å². The van der Waals surface area contributed by atoms with Gasteiger partial charge in [0, 0.05) is 29.7 Å². The minimum Gasteiger partial charge on any atom is -0.361 e. The van der Waals surface area contributed by atoms with Gasteiger partial charge in [-0.2, -0.15) is 0 Å². The molecule has 3 heteroatoms. The largest absolute Gasteiger partial charge is 0.361 e. The van der Waals surface area contributed by atoms with Crippen LogP contribution in [0.1, 0.15) is 29.5 Å². The Morgan fingerprint density at radius 1 is 1.20 bits per heavy atom. The number of amides is 1. The number of H-pyrrole nitrogens is 1. The molecule has 1 aromatic heterocycles. The van der Waals surface area contributed by atoms with Crippen LogP contribution < -0.4 is 0 Å². The molecule has 128 valence electrons. The summed E-state index contributed by atoms with van der Waals surface area (Å²) in [5, 5.41) is 1.28. The van der Waals surface area contributed by atoms with Gasteiger partial charge in [0.1, 0.15) is 0 Å². The Bertz CT molecular complexity index is 896. The molecule has 0 bridgehead atoms. The Labute approximate surface area is 148 Å². The van der Waals surface area contributed by atoms with Crippen LogP contribution in [0, 0.1) is 6.92 Å². The Balaban J connectivity index is 1.49. The summed E-state index contributed by atoms with van der Waals surface area (Å²) in [5.74, 6) is 0.257. The number of aromatic nitrogens is 1. The molecule has 2 heterocycles. The minimum absolute atomic E-state index is 0.257. The van der Waals surface area contributed by atoms with Crippen molar-refractivity contribution >= 4 is 16.8 Å². The number of nitrogens with one attached hydrogen (secondary N) is 1. The van der Waals surface area contributed by atoms with Crippen molar-refractivity contribution in [3.05, 3.63) is 71.4 Å². The van der Waals surface area contributed by atoms with Crippen LogP contribution in [0.2, 0.25) is 0 Å². The monoisotopic (exact) mass is 332 g/mol. The molecule has 0 spiro atoms. The summed E-state index contributed by atoms with van der Waals surface area (Å²) in [6.07, 6.45) is 5.74. The van der Waals surface area contributed by atoms with E-state index in [1.165, 1.54) is 22.0 Å². The number of nitrogens with zero attached hydrogens (tertiary/aromatic N) is 1. The predicted molar refractivity (Wildman–Crippen MR) is 102 cm³/mol. The summed E-state index contributed by atoms with van der Waals surface area (Å²) in [5.41, 5.74) is 4.81. The second-order valence-corrected chi connectivity index (χ2v) is 7.11. The molecule has 0 radical (unpaired) electrons. The van der Waals surface area contributed by atoms with Crippen molar-refractivity contribution in [2.24, 2.45) is 0 Å².